The zero-order valence-corrected chi connectivity index (χ0v) is 24.0. The van der Waals surface area contributed by atoms with E-state index < -0.39 is 0 Å². The maximum atomic E-state index is 6.31. The number of furan rings is 1. The Bertz CT molecular complexity index is 2450. The van der Waals surface area contributed by atoms with Gasteiger partial charge >= 0.3 is 0 Å². The smallest absolute Gasteiger partial charge is 0.137 e. The van der Waals surface area contributed by atoms with Crippen molar-refractivity contribution in [1.82, 2.24) is 0 Å². The molecule has 0 radical (unpaired) electrons. The molecule has 9 rings (SSSR count). The van der Waals surface area contributed by atoms with Crippen molar-refractivity contribution in [3.05, 3.63) is 152 Å². The molecule has 2 heterocycles. The average molecular weight is 568 g/mol. The molecule has 0 atom stereocenters. The minimum Gasteiger partial charge on any atom is -0.456 e. The van der Waals surface area contributed by atoms with Gasteiger partial charge in [0.1, 0.15) is 11.2 Å². The molecule has 7 aromatic carbocycles. The first-order valence-electron chi connectivity index (χ1n) is 14.5. The van der Waals surface area contributed by atoms with Gasteiger partial charge in [0.2, 0.25) is 0 Å². The third-order valence-electron chi connectivity index (χ3n) is 8.46. The van der Waals surface area contributed by atoms with Crippen LogP contribution in [0.5, 0.6) is 0 Å². The number of nitrogens with zero attached hydrogens (tertiary/aromatic N) is 1. The van der Waals surface area contributed by atoms with E-state index in [1.54, 1.807) is 0 Å². The lowest BCUT2D eigenvalue weighted by Gasteiger charge is -2.27. The van der Waals surface area contributed by atoms with Crippen LogP contribution in [0.2, 0.25) is 0 Å². The molecule has 0 N–H and O–H groups in total. The molecule has 0 saturated carbocycles. The topological polar surface area (TPSA) is 16.4 Å². The minimum atomic E-state index is 0.886. The number of benzene rings is 7. The van der Waals surface area contributed by atoms with Crippen molar-refractivity contribution in [2.75, 3.05) is 4.90 Å². The Hall–Kier alpha value is -5.38. The van der Waals surface area contributed by atoms with E-state index >= 15 is 0 Å². The number of thiophene rings is 1. The summed E-state index contributed by atoms with van der Waals surface area (Å²) in [6, 6.07) is 54.2. The molecule has 3 heteroatoms. The summed E-state index contributed by atoms with van der Waals surface area (Å²) in [6.45, 7) is 0. The molecular formula is C40H25NOS. The third-order valence-corrected chi connectivity index (χ3v) is 9.68. The predicted octanol–water partition coefficient (Wildman–Crippen LogP) is 12.2. The molecule has 0 amide bonds. The molecule has 0 bridgehead atoms. The maximum Gasteiger partial charge on any atom is 0.137 e. The highest BCUT2D eigenvalue weighted by atomic mass is 32.1. The summed E-state index contributed by atoms with van der Waals surface area (Å²) < 4.78 is 8.98. The van der Waals surface area contributed by atoms with Gasteiger partial charge < -0.3 is 9.32 Å². The lowest BCUT2D eigenvalue weighted by molar-refractivity contribution is 0.669. The molecular weight excluding hydrogens is 543 g/mol. The Kier molecular flexibility index (Phi) is 5.40. The van der Waals surface area contributed by atoms with Gasteiger partial charge in [-0.3, -0.25) is 0 Å². The van der Waals surface area contributed by atoms with Gasteiger partial charge in [-0.2, -0.15) is 0 Å². The van der Waals surface area contributed by atoms with E-state index in [9.17, 15) is 0 Å². The Morgan fingerprint density at radius 3 is 2.05 bits per heavy atom. The normalized spacial score (nSPS) is 11.7. The molecule has 0 aliphatic heterocycles. The van der Waals surface area contributed by atoms with Gasteiger partial charge in [0.15, 0.2) is 0 Å². The lowest BCUT2D eigenvalue weighted by Crippen LogP contribution is -2.10. The van der Waals surface area contributed by atoms with Crippen molar-refractivity contribution in [1.29, 1.82) is 0 Å². The van der Waals surface area contributed by atoms with Gasteiger partial charge in [-0.1, -0.05) is 103 Å². The zero-order valence-electron chi connectivity index (χ0n) is 23.2. The quantitative estimate of drug-likeness (QED) is 0.210. The van der Waals surface area contributed by atoms with Gasteiger partial charge in [-0.25, -0.2) is 0 Å². The van der Waals surface area contributed by atoms with E-state index in [0.717, 1.165) is 39.0 Å². The second kappa shape index (κ2) is 9.59. The van der Waals surface area contributed by atoms with Gasteiger partial charge in [0.25, 0.3) is 0 Å². The summed E-state index contributed by atoms with van der Waals surface area (Å²) in [5.74, 6) is 0. The van der Waals surface area contributed by atoms with Gasteiger partial charge in [0.05, 0.1) is 11.1 Å². The monoisotopic (exact) mass is 567 g/mol. The van der Waals surface area contributed by atoms with Crippen molar-refractivity contribution >= 4 is 81.3 Å². The van der Waals surface area contributed by atoms with Crippen molar-refractivity contribution in [3.63, 3.8) is 0 Å². The van der Waals surface area contributed by atoms with E-state index in [1.807, 2.05) is 23.5 Å². The number of anilines is 3. The Labute approximate surface area is 252 Å². The highest BCUT2D eigenvalue weighted by Gasteiger charge is 2.20. The summed E-state index contributed by atoms with van der Waals surface area (Å²) in [5, 5.41) is 7.40. The predicted molar refractivity (Wildman–Crippen MR) is 184 cm³/mol. The standard InChI is InChI=1S/C40H25NOS/c1-2-9-26(10-3-1)27-17-20-29(21-18-27)41(35-13-8-15-37-39(35)34-12-4-6-14-36(34)42-37)30-22-24-31-28(25-30)19-23-33-32-11-5-7-16-38(32)43-40(31)33/h1-25H. The molecule has 0 aliphatic rings. The average Bonchev–Trinajstić information content (AvgIpc) is 3.65. The molecule has 0 spiro atoms. The first-order chi connectivity index (χ1) is 21.3. The third kappa shape index (κ3) is 3.86. The van der Waals surface area contributed by atoms with Crippen molar-refractivity contribution in [2.45, 2.75) is 0 Å². The van der Waals surface area contributed by atoms with Gasteiger partial charge in [-0.15, -0.1) is 11.3 Å². The molecule has 2 nitrogen and oxygen atoms in total. The minimum absolute atomic E-state index is 0.886. The second-order valence-corrected chi connectivity index (χ2v) is 12.0. The van der Waals surface area contributed by atoms with Crippen molar-refractivity contribution in [2.24, 2.45) is 0 Å². The Balaban J connectivity index is 1.27. The molecule has 0 aliphatic carbocycles. The largest absolute Gasteiger partial charge is 0.456 e. The van der Waals surface area contributed by atoms with Crippen LogP contribution in [-0.4, -0.2) is 0 Å². The number of rotatable bonds is 4. The molecule has 202 valence electrons. The SMILES string of the molecule is c1ccc(-c2ccc(N(c3ccc4c(ccc5c6ccccc6sc45)c3)c3cccc4oc5ccccc5c34)cc2)cc1. The number of para-hydroxylation sites is 1. The van der Waals surface area contributed by atoms with Crippen LogP contribution in [0.4, 0.5) is 17.1 Å². The summed E-state index contributed by atoms with van der Waals surface area (Å²) in [5.41, 5.74) is 7.49. The molecule has 0 saturated heterocycles. The molecule has 2 aromatic heterocycles. The summed E-state index contributed by atoms with van der Waals surface area (Å²) in [7, 11) is 0. The summed E-state index contributed by atoms with van der Waals surface area (Å²) >= 11 is 1.88. The fourth-order valence-electron chi connectivity index (χ4n) is 6.44. The summed E-state index contributed by atoms with van der Waals surface area (Å²) in [4.78, 5) is 2.37. The van der Waals surface area contributed by atoms with Gasteiger partial charge in [-0.05, 0) is 70.4 Å². The van der Waals surface area contributed by atoms with Crippen LogP contribution < -0.4 is 4.90 Å². The van der Waals surface area contributed by atoms with Crippen LogP contribution in [0.1, 0.15) is 0 Å². The number of hydrogen-bond donors (Lipinski definition) is 0. The summed E-state index contributed by atoms with van der Waals surface area (Å²) in [6.07, 6.45) is 0. The van der Waals surface area contributed by atoms with E-state index in [2.05, 4.69) is 144 Å². The van der Waals surface area contributed by atoms with Crippen LogP contribution in [-0.2, 0) is 0 Å². The van der Waals surface area contributed by atoms with E-state index in [0.29, 0.717) is 0 Å². The highest BCUT2D eigenvalue weighted by Crippen LogP contribution is 2.45. The Morgan fingerprint density at radius 2 is 1.16 bits per heavy atom. The lowest BCUT2D eigenvalue weighted by atomic mass is 10.0. The highest BCUT2D eigenvalue weighted by molar-refractivity contribution is 7.26. The van der Waals surface area contributed by atoms with Crippen molar-refractivity contribution in [3.8, 4) is 11.1 Å². The molecule has 0 fully saturated rings. The zero-order chi connectivity index (χ0) is 28.3. The van der Waals surface area contributed by atoms with Crippen LogP contribution in [0.15, 0.2) is 156 Å². The van der Waals surface area contributed by atoms with Crippen LogP contribution in [0.3, 0.4) is 0 Å². The fraction of sp³-hybridized carbons (Fsp3) is 0. The van der Waals surface area contributed by atoms with E-state index in [-0.39, 0.29) is 0 Å². The van der Waals surface area contributed by atoms with Crippen LogP contribution >= 0.6 is 11.3 Å². The van der Waals surface area contributed by atoms with Crippen molar-refractivity contribution < 1.29 is 4.42 Å². The molecule has 0 unspecified atom stereocenters. The van der Waals surface area contributed by atoms with Crippen LogP contribution in [0.25, 0.3) is 64.0 Å². The Morgan fingerprint density at radius 1 is 0.465 bits per heavy atom. The van der Waals surface area contributed by atoms with Gasteiger partial charge in [0, 0.05) is 36.9 Å². The fourth-order valence-corrected chi connectivity index (χ4v) is 7.68. The molecule has 9 aromatic rings. The van der Waals surface area contributed by atoms with Crippen LogP contribution in [0, 0.1) is 0 Å². The maximum absolute atomic E-state index is 6.31. The molecule has 43 heavy (non-hydrogen) atoms. The first kappa shape index (κ1) is 24.2. The number of fused-ring (bicyclic) bond motifs is 8. The number of hydrogen-bond acceptors (Lipinski definition) is 3. The second-order valence-electron chi connectivity index (χ2n) is 10.9. The van der Waals surface area contributed by atoms with E-state index in [4.69, 9.17) is 4.42 Å². The first-order valence-corrected chi connectivity index (χ1v) is 15.3. The van der Waals surface area contributed by atoms with E-state index in [1.165, 1.54) is 42.1 Å².